The summed E-state index contributed by atoms with van der Waals surface area (Å²) in [5, 5.41) is 3.26. The molecular weight excluding hydrogens is 224 g/mol. The highest BCUT2D eigenvalue weighted by molar-refractivity contribution is 5.61. The molecule has 0 unspecified atom stereocenters. The van der Waals surface area contributed by atoms with Crippen LogP contribution in [0.5, 0.6) is 0 Å². The van der Waals surface area contributed by atoms with Gasteiger partial charge in [-0.1, -0.05) is 30.7 Å². The van der Waals surface area contributed by atoms with Crippen molar-refractivity contribution in [3.8, 4) is 11.3 Å². The van der Waals surface area contributed by atoms with Crippen LogP contribution in [0.1, 0.15) is 23.9 Å². The van der Waals surface area contributed by atoms with Gasteiger partial charge in [-0.25, -0.2) is 4.98 Å². The molecule has 1 aromatic heterocycles. The lowest BCUT2D eigenvalue weighted by Crippen LogP contribution is -2.16. The molecule has 1 aromatic carbocycles. The number of rotatable bonds is 5. The van der Waals surface area contributed by atoms with Gasteiger partial charge in [-0.2, -0.15) is 0 Å². The summed E-state index contributed by atoms with van der Waals surface area (Å²) in [7, 11) is 0. The molecule has 0 radical (unpaired) electrons. The SMILES string of the molecule is CCNCCc1ncc(-c2ccc(C)cc2C)o1. The number of aryl methyl sites for hydroxylation is 2. The van der Waals surface area contributed by atoms with Crippen molar-refractivity contribution in [3.05, 3.63) is 41.4 Å². The number of benzene rings is 1. The molecule has 0 saturated carbocycles. The van der Waals surface area contributed by atoms with Crippen LogP contribution in [0.3, 0.4) is 0 Å². The van der Waals surface area contributed by atoms with Gasteiger partial charge in [-0.15, -0.1) is 0 Å². The zero-order valence-corrected chi connectivity index (χ0v) is 11.3. The number of hydrogen-bond donors (Lipinski definition) is 1. The molecule has 2 rings (SSSR count). The first-order valence-electron chi connectivity index (χ1n) is 6.43. The Balaban J connectivity index is 2.13. The predicted molar refractivity (Wildman–Crippen MR) is 73.7 cm³/mol. The fraction of sp³-hybridized carbons (Fsp3) is 0.400. The molecule has 0 aliphatic carbocycles. The Morgan fingerprint density at radius 3 is 2.83 bits per heavy atom. The van der Waals surface area contributed by atoms with Crippen molar-refractivity contribution in [2.24, 2.45) is 0 Å². The van der Waals surface area contributed by atoms with Crippen LogP contribution in [0, 0.1) is 13.8 Å². The number of nitrogens with one attached hydrogen (secondary N) is 1. The number of nitrogens with zero attached hydrogens (tertiary/aromatic N) is 1. The van der Waals surface area contributed by atoms with Crippen molar-refractivity contribution in [3.63, 3.8) is 0 Å². The third-order valence-electron chi connectivity index (χ3n) is 2.97. The average molecular weight is 244 g/mol. The van der Waals surface area contributed by atoms with Crippen molar-refractivity contribution in [2.75, 3.05) is 13.1 Å². The lowest BCUT2D eigenvalue weighted by molar-refractivity contribution is 0.497. The van der Waals surface area contributed by atoms with Crippen LogP contribution in [-0.4, -0.2) is 18.1 Å². The lowest BCUT2D eigenvalue weighted by atomic mass is 10.0. The second kappa shape index (κ2) is 5.83. The van der Waals surface area contributed by atoms with Gasteiger partial charge in [0.2, 0.25) is 0 Å². The minimum absolute atomic E-state index is 0.797. The van der Waals surface area contributed by atoms with Gasteiger partial charge in [0.1, 0.15) is 0 Å². The maximum atomic E-state index is 5.79. The van der Waals surface area contributed by atoms with Crippen molar-refractivity contribution < 1.29 is 4.42 Å². The summed E-state index contributed by atoms with van der Waals surface area (Å²) in [4.78, 5) is 4.32. The first-order chi connectivity index (χ1) is 8.70. The molecule has 0 spiro atoms. The number of aromatic nitrogens is 1. The highest BCUT2D eigenvalue weighted by atomic mass is 16.4. The molecule has 3 nitrogen and oxygen atoms in total. The minimum atomic E-state index is 0.797. The van der Waals surface area contributed by atoms with Crippen molar-refractivity contribution in [2.45, 2.75) is 27.2 Å². The van der Waals surface area contributed by atoms with Gasteiger partial charge in [0.15, 0.2) is 11.7 Å². The fourth-order valence-corrected chi connectivity index (χ4v) is 2.01. The summed E-state index contributed by atoms with van der Waals surface area (Å²) in [5.41, 5.74) is 3.62. The summed E-state index contributed by atoms with van der Waals surface area (Å²) >= 11 is 0. The van der Waals surface area contributed by atoms with Crippen LogP contribution in [-0.2, 0) is 6.42 Å². The van der Waals surface area contributed by atoms with E-state index in [-0.39, 0.29) is 0 Å². The number of oxazole rings is 1. The van der Waals surface area contributed by atoms with Crippen LogP contribution in [0.15, 0.2) is 28.8 Å². The van der Waals surface area contributed by atoms with Gasteiger partial charge in [0.25, 0.3) is 0 Å². The maximum absolute atomic E-state index is 5.79. The van der Waals surface area contributed by atoms with Gasteiger partial charge in [-0.3, -0.25) is 0 Å². The van der Waals surface area contributed by atoms with Crippen LogP contribution in [0.4, 0.5) is 0 Å². The molecule has 1 heterocycles. The summed E-state index contributed by atoms with van der Waals surface area (Å²) < 4.78 is 5.79. The zero-order valence-electron chi connectivity index (χ0n) is 11.3. The predicted octanol–water partition coefficient (Wildman–Crippen LogP) is 3.11. The highest BCUT2D eigenvalue weighted by Gasteiger charge is 2.08. The Morgan fingerprint density at radius 2 is 2.11 bits per heavy atom. The third kappa shape index (κ3) is 2.99. The number of hydrogen-bond acceptors (Lipinski definition) is 3. The van der Waals surface area contributed by atoms with E-state index in [0.29, 0.717) is 0 Å². The number of likely N-dealkylation sites (N-methyl/N-ethyl adjacent to an activating group) is 1. The minimum Gasteiger partial charge on any atom is -0.441 e. The molecule has 0 atom stereocenters. The van der Waals surface area contributed by atoms with Gasteiger partial charge in [0, 0.05) is 18.5 Å². The molecule has 1 N–H and O–H groups in total. The standard InChI is InChI=1S/C15H20N2O/c1-4-16-8-7-15-17-10-14(18-15)13-6-5-11(2)9-12(13)3/h5-6,9-10,16H,4,7-8H2,1-3H3. The first-order valence-corrected chi connectivity index (χ1v) is 6.43. The molecule has 96 valence electrons. The van der Waals surface area contributed by atoms with Crippen LogP contribution < -0.4 is 5.32 Å². The van der Waals surface area contributed by atoms with E-state index in [1.165, 1.54) is 11.1 Å². The second-order valence-electron chi connectivity index (χ2n) is 4.54. The molecule has 0 aliphatic heterocycles. The van der Waals surface area contributed by atoms with E-state index in [1.54, 1.807) is 0 Å². The molecule has 0 amide bonds. The van der Waals surface area contributed by atoms with Gasteiger partial charge in [0.05, 0.1) is 6.20 Å². The highest BCUT2D eigenvalue weighted by Crippen LogP contribution is 2.24. The van der Waals surface area contributed by atoms with E-state index >= 15 is 0 Å². The Morgan fingerprint density at radius 1 is 1.28 bits per heavy atom. The molecule has 2 aromatic rings. The summed E-state index contributed by atoms with van der Waals surface area (Å²) in [6, 6.07) is 6.36. The molecule has 18 heavy (non-hydrogen) atoms. The van der Waals surface area contributed by atoms with Gasteiger partial charge >= 0.3 is 0 Å². The average Bonchev–Trinajstić information content (AvgIpc) is 2.78. The van der Waals surface area contributed by atoms with E-state index in [2.05, 4.69) is 49.3 Å². The molecule has 0 bridgehead atoms. The smallest absolute Gasteiger partial charge is 0.196 e. The normalized spacial score (nSPS) is 10.8. The van der Waals surface area contributed by atoms with E-state index < -0.39 is 0 Å². The summed E-state index contributed by atoms with van der Waals surface area (Å²) in [6.07, 6.45) is 2.65. The lowest BCUT2D eigenvalue weighted by Gasteiger charge is -2.03. The third-order valence-corrected chi connectivity index (χ3v) is 2.97. The van der Waals surface area contributed by atoms with Gasteiger partial charge < -0.3 is 9.73 Å². The molecule has 0 aliphatic rings. The van der Waals surface area contributed by atoms with Crippen LogP contribution in [0.2, 0.25) is 0 Å². The zero-order chi connectivity index (χ0) is 13.0. The Kier molecular flexibility index (Phi) is 4.15. The van der Waals surface area contributed by atoms with E-state index in [9.17, 15) is 0 Å². The Labute approximate surface area is 108 Å². The first kappa shape index (κ1) is 12.8. The van der Waals surface area contributed by atoms with Crippen LogP contribution in [0.25, 0.3) is 11.3 Å². The summed E-state index contributed by atoms with van der Waals surface area (Å²) in [6.45, 7) is 8.17. The van der Waals surface area contributed by atoms with E-state index in [0.717, 1.165) is 36.7 Å². The van der Waals surface area contributed by atoms with Crippen molar-refractivity contribution in [1.82, 2.24) is 10.3 Å². The van der Waals surface area contributed by atoms with E-state index in [1.807, 2.05) is 6.20 Å². The largest absolute Gasteiger partial charge is 0.441 e. The molecule has 0 fully saturated rings. The fourth-order valence-electron chi connectivity index (χ4n) is 2.01. The summed E-state index contributed by atoms with van der Waals surface area (Å²) in [5.74, 6) is 1.66. The van der Waals surface area contributed by atoms with Gasteiger partial charge in [-0.05, 0) is 26.0 Å². The molecule has 3 heteroatoms. The van der Waals surface area contributed by atoms with E-state index in [4.69, 9.17) is 4.42 Å². The maximum Gasteiger partial charge on any atom is 0.196 e. The van der Waals surface area contributed by atoms with Crippen LogP contribution >= 0.6 is 0 Å². The Hall–Kier alpha value is -1.61. The quantitative estimate of drug-likeness (QED) is 0.821. The molecule has 0 saturated heterocycles. The second-order valence-corrected chi connectivity index (χ2v) is 4.54. The topological polar surface area (TPSA) is 38.1 Å². The Bertz CT molecular complexity index is 517. The monoisotopic (exact) mass is 244 g/mol. The molecular formula is C15H20N2O. The van der Waals surface area contributed by atoms with Crippen molar-refractivity contribution in [1.29, 1.82) is 0 Å². The van der Waals surface area contributed by atoms with Crippen molar-refractivity contribution >= 4 is 0 Å².